The van der Waals surface area contributed by atoms with Crippen molar-refractivity contribution in [2.24, 2.45) is 5.41 Å². The Balaban J connectivity index is 1.26. The fourth-order valence-corrected chi connectivity index (χ4v) is 9.03. The summed E-state index contributed by atoms with van der Waals surface area (Å²) in [5, 5.41) is 120. The maximum Gasteiger partial charge on any atom is 0.346 e. The van der Waals surface area contributed by atoms with Crippen molar-refractivity contribution in [1.82, 2.24) is 0 Å². The van der Waals surface area contributed by atoms with Gasteiger partial charge >= 0.3 is 23.9 Å². The van der Waals surface area contributed by atoms with E-state index in [0.717, 1.165) is 0 Å². The highest BCUT2D eigenvalue weighted by Crippen LogP contribution is 2.75. The molecule has 0 aromatic heterocycles. The number of rotatable bonds is 3. The molecule has 10 rings (SSSR count). The second kappa shape index (κ2) is 11.3. The van der Waals surface area contributed by atoms with Crippen molar-refractivity contribution < 1.29 is 118 Å². The number of phenols is 5. The van der Waals surface area contributed by atoms with Gasteiger partial charge in [-0.2, -0.15) is 0 Å². The number of aromatic hydroxyl groups is 5. The molecule has 1 saturated carbocycles. The summed E-state index contributed by atoms with van der Waals surface area (Å²) >= 11 is 0. The molecule has 24 heteroatoms. The minimum absolute atomic E-state index is 0.484. The van der Waals surface area contributed by atoms with Gasteiger partial charge in [-0.25, -0.2) is 14.4 Å². The lowest BCUT2D eigenvalue weighted by atomic mass is 9.47. The van der Waals surface area contributed by atoms with E-state index in [4.69, 9.17) is 37.9 Å². The van der Waals surface area contributed by atoms with Crippen molar-refractivity contribution in [3.63, 3.8) is 0 Å². The molecule has 0 unspecified atom stereocenters. The molecule has 57 heavy (non-hydrogen) atoms. The summed E-state index contributed by atoms with van der Waals surface area (Å²) in [6.45, 7) is -2.04. The van der Waals surface area contributed by atoms with Crippen molar-refractivity contribution in [3.05, 3.63) is 34.9 Å². The van der Waals surface area contributed by atoms with Crippen LogP contribution >= 0.6 is 0 Å². The lowest BCUT2D eigenvalue weighted by Crippen LogP contribution is -2.88. The third-order valence-electron chi connectivity index (χ3n) is 11.6. The Morgan fingerprint density at radius 2 is 1.51 bits per heavy atom. The van der Waals surface area contributed by atoms with Crippen LogP contribution in [0.15, 0.2) is 18.2 Å². The Bertz CT molecular complexity index is 2200. The molecule has 2 aromatic carbocycles. The van der Waals surface area contributed by atoms with Crippen LogP contribution in [0.2, 0.25) is 0 Å². The molecule has 2 aromatic rings. The average molecular weight is 809 g/mol. The Kier molecular flexibility index (Phi) is 7.34. The van der Waals surface area contributed by atoms with Gasteiger partial charge in [-0.15, -0.1) is 0 Å². The molecule has 0 radical (unpaired) electrons. The first kappa shape index (κ1) is 37.0. The molecule has 11 N–H and O–H groups in total. The van der Waals surface area contributed by atoms with Crippen LogP contribution in [0, 0.1) is 5.41 Å². The van der Waals surface area contributed by atoms with E-state index in [1.165, 1.54) is 0 Å². The number of carbonyl (C=O) groups excluding carboxylic acids is 5. The van der Waals surface area contributed by atoms with Gasteiger partial charge < -0.3 is 94.1 Å². The van der Waals surface area contributed by atoms with Crippen LogP contribution in [0.25, 0.3) is 0 Å². The topological polar surface area (TPSA) is 382 Å². The van der Waals surface area contributed by atoms with Crippen LogP contribution in [0.5, 0.6) is 34.5 Å². The van der Waals surface area contributed by atoms with Crippen molar-refractivity contribution in [2.75, 3.05) is 13.2 Å². The van der Waals surface area contributed by atoms with E-state index >= 15 is 4.79 Å². The molecular weight excluding hydrogens is 780 g/mol. The van der Waals surface area contributed by atoms with Crippen molar-refractivity contribution in [3.8, 4) is 34.5 Å². The molecule has 4 bridgehead atoms. The number of benzene rings is 2. The summed E-state index contributed by atoms with van der Waals surface area (Å²) in [7, 11) is 0. The molecule has 13 atom stereocenters. The number of esters is 4. The van der Waals surface area contributed by atoms with Gasteiger partial charge in [-0.05, 0) is 18.2 Å². The SMILES string of the molecule is O=C(O[C@@H]1O[C@H](CO)[C@H]2OC(=O)[C@@]34CC(=O)[C@](O)(O[C@@]35C(=O)O[C@H]3[C@H](O)CO[C@@]35O)[C@]3(O)Oc5c(O)c(O)cc(c5[C@@H]34)C(=O)O[C@H]1[C@H]2O)c1cc(O)c(O)c(O)c1. The number of ketones is 1. The van der Waals surface area contributed by atoms with Crippen molar-refractivity contribution in [1.29, 1.82) is 0 Å². The Hall–Kier alpha value is -5.57. The normalized spacial score (nSPS) is 42.4. The monoisotopic (exact) mass is 808 g/mol. The molecule has 7 heterocycles. The summed E-state index contributed by atoms with van der Waals surface area (Å²) in [5.41, 5.74) is -9.51. The zero-order valence-corrected chi connectivity index (χ0v) is 28.2. The number of fused-ring (bicyclic) bond motifs is 4. The maximum absolute atomic E-state index is 15.1. The fourth-order valence-electron chi connectivity index (χ4n) is 9.03. The molecular formula is C33H28O24. The molecule has 8 aliphatic rings. The summed E-state index contributed by atoms with van der Waals surface area (Å²) in [6.07, 6.45) is -16.8. The van der Waals surface area contributed by atoms with E-state index in [-0.39, 0.29) is 0 Å². The fraction of sp³-hybridized carbons (Fsp3) is 0.485. The van der Waals surface area contributed by atoms with Gasteiger partial charge in [-0.3, -0.25) is 9.59 Å². The van der Waals surface area contributed by atoms with Crippen LogP contribution in [0.4, 0.5) is 0 Å². The summed E-state index contributed by atoms with van der Waals surface area (Å²) < 4.78 is 43.8. The molecule has 5 saturated heterocycles. The number of phenolic OH excluding ortho intramolecular Hbond substituents is 5. The molecule has 304 valence electrons. The van der Waals surface area contributed by atoms with Gasteiger partial charge in [0.2, 0.25) is 23.4 Å². The predicted octanol–water partition coefficient (Wildman–Crippen LogP) is -4.81. The third kappa shape index (κ3) is 4.12. The molecule has 7 aliphatic heterocycles. The predicted molar refractivity (Wildman–Crippen MR) is 163 cm³/mol. The first-order valence-corrected chi connectivity index (χ1v) is 16.8. The number of aliphatic hydroxyl groups is 6. The Labute approximate surface area is 314 Å². The smallest absolute Gasteiger partial charge is 0.346 e. The third-order valence-corrected chi connectivity index (χ3v) is 11.6. The second-order valence-corrected chi connectivity index (χ2v) is 14.4. The number of Topliss-reactive ketones (excluding diaryl/α,β-unsaturated/α-hetero) is 1. The van der Waals surface area contributed by atoms with Gasteiger partial charge in [0.05, 0.1) is 30.3 Å². The molecule has 2 spiro atoms. The van der Waals surface area contributed by atoms with E-state index in [9.17, 15) is 75.3 Å². The van der Waals surface area contributed by atoms with E-state index in [0.29, 0.717) is 18.2 Å². The van der Waals surface area contributed by atoms with Crippen LogP contribution in [0.1, 0.15) is 38.6 Å². The van der Waals surface area contributed by atoms with Crippen molar-refractivity contribution >= 4 is 29.7 Å². The second-order valence-electron chi connectivity index (χ2n) is 14.4. The molecule has 0 amide bonds. The summed E-state index contributed by atoms with van der Waals surface area (Å²) in [5.74, 6) is -28.6. The minimum Gasteiger partial charge on any atom is -0.504 e. The zero-order chi connectivity index (χ0) is 41.1. The molecule has 1 aliphatic carbocycles. The number of hydrogen-bond acceptors (Lipinski definition) is 24. The molecule has 6 fully saturated rings. The van der Waals surface area contributed by atoms with Gasteiger partial charge in [0.15, 0.2) is 52.8 Å². The highest BCUT2D eigenvalue weighted by atomic mass is 16.8. The van der Waals surface area contributed by atoms with Crippen LogP contribution < -0.4 is 4.74 Å². The van der Waals surface area contributed by atoms with Gasteiger partial charge in [0.25, 0.3) is 11.6 Å². The van der Waals surface area contributed by atoms with E-state index in [2.05, 4.69) is 0 Å². The number of carbonyl (C=O) groups is 5. The lowest BCUT2D eigenvalue weighted by molar-refractivity contribution is -0.459. The van der Waals surface area contributed by atoms with Gasteiger partial charge in [0, 0.05) is 12.0 Å². The van der Waals surface area contributed by atoms with Crippen LogP contribution in [0.3, 0.4) is 0 Å². The van der Waals surface area contributed by atoms with Gasteiger partial charge in [0.1, 0.15) is 23.7 Å². The largest absolute Gasteiger partial charge is 0.504 e. The first-order valence-electron chi connectivity index (χ1n) is 16.8. The average Bonchev–Trinajstić information content (AvgIpc) is 3.72. The highest BCUT2D eigenvalue weighted by Gasteiger charge is 2.97. The van der Waals surface area contributed by atoms with Crippen molar-refractivity contribution in [2.45, 2.75) is 78.2 Å². The molecule has 24 nitrogen and oxygen atoms in total. The number of aliphatic hydroxyl groups excluding tert-OH is 3. The van der Waals surface area contributed by atoms with Gasteiger partial charge in [-0.1, -0.05) is 0 Å². The summed E-state index contributed by atoms with van der Waals surface area (Å²) in [6, 6.07) is 1.76. The van der Waals surface area contributed by atoms with E-state index in [1.54, 1.807) is 0 Å². The summed E-state index contributed by atoms with van der Waals surface area (Å²) in [4.78, 5) is 70.7. The van der Waals surface area contributed by atoms with Crippen LogP contribution in [-0.2, 0) is 47.5 Å². The zero-order valence-electron chi connectivity index (χ0n) is 28.2. The maximum atomic E-state index is 15.1. The quantitative estimate of drug-likeness (QED) is 0.0787. The minimum atomic E-state index is -3.84. The van der Waals surface area contributed by atoms with Crippen LogP contribution in [-0.4, -0.2) is 165 Å². The highest BCUT2D eigenvalue weighted by molar-refractivity contribution is 6.06. The first-order chi connectivity index (χ1) is 26.7. The Morgan fingerprint density at radius 3 is 2.18 bits per heavy atom. The van der Waals surface area contributed by atoms with E-state index in [1.807, 2.05) is 0 Å². The number of ether oxygens (including phenoxy) is 8. The van der Waals surface area contributed by atoms with E-state index < -0.39 is 178 Å². The standard InChI is InChI=1S/C33H28O24/c34-5-13-19-18(42)21(26(51-13)55-24(43)7-1-9(35)16(40)10(36)2-7)52-25(44)8-3-11(37)17(41)20-15(8)22-29(27(45)53-19)4-14(39)31(47,32(22,48)56-20)57-30(29)28(46)54-23-12(38)6-50-33(23,30)49/h1-3,12-13,18-19,21-23,26,34-38,40-42,47-49H,4-6H2/t12-,13-,18+,19-,21+,22-,23+,26+,29+,30+,31+,32-,33+/m1/s1. The Morgan fingerprint density at radius 1 is 0.842 bits per heavy atom. The number of hydrogen-bond donors (Lipinski definition) is 11. The lowest BCUT2D eigenvalue weighted by Gasteiger charge is -2.64.